The van der Waals surface area contributed by atoms with E-state index in [2.05, 4.69) is 19.2 Å². The van der Waals surface area contributed by atoms with Gasteiger partial charge in [0.1, 0.15) is 0 Å². The summed E-state index contributed by atoms with van der Waals surface area (Å²) in [5, 5.41) is 8.50. The maximum Gasteiger partial charge on any atom is 0.238 e. The van der Waals surface area contributed by atoms with Crippen LogP contribution in [0.4, 0.5) is 0 Å². The molecule has 2 unspecified atom stereocenters. The zero-order chi connectivity index (χ0) is 15.3. The molecule has 0 amide bonds. The number of primary sulfonamides is 1. The van der Waals surface area contributed by atoms with Crippen LogP contribution in [0.15, 0.2) is 29.2 Å². The molecule has 5 N–H and O–H groups in total. The van der Waals surface area contributed by atoms with Crippen molar-refractivity contribution < 1.29 is 8.42 Å². The number of rotatable bonds is 7. The lowest BCUT2D eigenvalue weighted by Gasteiger charge is -2.22. The van der Waals surface area contributed by atoms with Gasteiger partial charge in [0.25, 0.3) is 0 Å². The highest BCUT2D eigenvalue weighted by molar-refractivity contribution is 7.89. The van der Waals surface area contributed by atoms with E-state index >= 15 is 0 Å². The third-order valence-electron chi connectivity index (χ3n) is 3.64. The Morgan fingerprint density at radius 2 is 1.70 bits per heavy atom. The Kier molecular flexibility index (Phi) is 6.13. The Bertz CT molecular complexity index is 512. The van der Waals surface area contributed by atoms with Crippen molar-refractivity contribution in [2.75, 3.05) is 13.1 Å². The van der Waals surface area contributed by atoms with Gasteiger partial charge in [-0.2, -0.15) is 0 Å². The van der Waals surface area contributed by atoms with Gasteiger partial charge < -0.3 is 11.1 Å². The number of hydrogen-bond acceptors (Lipinski definition) is 4. The van der Waals surface area contributed by atoms with E-state index < -0.39 is 10.0 Å². The van der Waals surface area contributed by atoms with Crippen molar-refractivity contribution >= 4 is 10.0 Å². The first kappa shape index (κ1) is 17.1. The number of sulfonamides is 1. The second-order valence-corrected chi connectivity index (χ2v) is 7.05. The van der Waals surface area contributed by atoms with Crippen LogP contribution in [0.3, 0.4) is 0 Å². The smallest absolute Gasteiger partial charge is 0.238 e. The monoisotopic (exact) mass is 299 g/mol. The van der Waals surface area contributed by atoms with Crippen LogP contribution in [-0.2, 0) is 10.0 Å². The predicted molar refractivity (Wildman–Crippen MR) is 81.6 cm³/mol. The van der Waals surface area contributed by atoms with E-state index in [0.717, 1.165) is 12.1 Å². The SMILES string of the molecule is CC(NCC(CN)C(C)C)c1ccc(S(N)(=O)=O)cc1. The van der Waals surface area contributed by atoms with Gasteiger partial charge in [-0.05, 0) is 49.5 Å². The standard InChI is InChI=1S/C14H25N3O2S/c1-10(2)13(8-15)9-17-11(3)12-4-6-14(7-5-12)20(16,18)19/h4-7,10-11,13,17H,8-9,15H2,1-3H3,(H2,16,18,19). The van der Waals surface area contributed by atoms with Gasteiger partial charge in [-0.15, -0.1) is 0 Å². The van der Waals surface area contributed by atoms with Gasteiger partial charge >= 0.3 is 0 Å². The fraction of sp³-hybridized carbons (Fsp3) is 0.571. The minimum absolute atomic E-state index is 0.135. The summed E-state index contributed by atoms with van der Waals surface area (Å²) < 4.78 is 22.4. The third kappa shape index (κ3) is 4.86. The predicted octanol–water partition coefficient (Wildman–Crippen LogP) is 1.22. The molecule has 1 rings (SSSR count). The molecule has 1 aromatic rings. The van der Waals surface area contributed by atoms with Crippen molar-refractivity contribution in [3.05, 3.63) is 29.8 Å². The van der Waals surface area contributed by atoms with Gasteiger partial charge in [-0.25, -0.2) is 13.6 Å². The number of nitrogens with one attached hydrogen (secondary N) is 1. The maximum atomic E-state index is 11.2. The summed E-state index contributed by atoms with van der Waals surface area (Å²) in [6.45, 7) is 7.85. The van der Waals surface area contributed by atoms with E-state index in [-0.39, 0.29) is 10.9 Å². The van der Waals surface area contributed by atoms with E-state index in [1.165, 1.54) is 12.1 Å². The molecule has 0 aliphatic heterocycles. The van der Waals surface area contributed by atoms with E-state index in [1.807, 2.05) is 6.92 Å². The number of nitrogens with two attached hydrogens (primary N) is 2. The summed E-state index contributed by atoms with van der Waals surface area (Å²) >= 11 is 0. The first-order valence-corrected chi connectivity index (χ1v) is 8.36. The number of benzene rings is 1. The first-order valence-electron chi connectivity index (χ1n) is 6.82. The second kappa shape index (κ2) is 7.17. The Hall–Kier alpha value is -0.950. The van der Waals surface area contributed by atoms with Crippen LogP contribution >= 0.6 is 0 Å². The largest absolute Gasteiger partial charge is 0.330 e. The fourth-order valence-corrected chi connectivity index (χ4v) is 2.50. The summed E-state index contributed by atoms with van der Waals surface area (Å²) in [5.41, 5.74) is 6.77. The molecule has 0 aliphatic carbocycles. The lowest BCUT2D eigenvalue weighted by atomic mass is 9.95. The average molecular weight is 299 g/mol. The van der Waals surface area contributed by atoms with Crippen molar-refractivity contribution in [2.24, 2.45) is 22.7 Å². The average Bonchev–Trinajstić information content (AvgIpc) is 2.38. The van der Waals surface area contributed by atoms with Crippen molar-refractivity contribution in [1.29, 1.82) is 0 Å². The van der Waals surface area contributed by atoms with E-state index in [4.69, 9.17) is 10.9 Å². The third-order valence-corrected chi connectivity index (χ3v) is 4.57. The zero-order valence-corrected chi connectivity index (χ0v) is 13.2. The van der Waals surface area contributed by atoms with Crippen LogP contribution < -0.4 is 16.2 Å². The molecule has 20 heavy (non-hydrogen) atoms. The Morgan fingerprint density at radius 3 is 2.10 bits per heavy atom. The molecule has 1 aromatic carbocycles. The van der Waals surface area contributed by atoms with Gasteiger partial charge in [0.05, 0.1) is 4.90 Å². The molecule has 0 aliphatic rings. The molecular weight excluding hydrogens is 274 g/mol. The minimum atomic E-state index is -3.62. The summed E-state index contributed by atoms with van der Waals surface area (Å²) in [4.78, 5) is 0.135. The van der Waals surface area contributed by atoms with Crippen LogP contribution in [0.1, 0.15) is 32.4 Å². The van der Waals surface area contributed by atoms with Crippen molar-refractivity contribution in [1.82, 2.24) is 5.32 Å². The molecule has 0 radical (unpaired) electrons. The molecule has 114 valence electrons. The molecule has 0 heterocycles. The molecule has 0 saturated heterocycles. The quantitative estimate of drug-likeness (QED) is 0.705. The van der Waals surface area contributed by atoms with Crippen LogP contribution in [0.25, 0.3) is 0 Å². The van der Waals surface area contributed by atoms with Crippen molar-refractivity contribution in [3.63, 3.8) is 0 Å². The molecule has 2 atom stereocenters. The molecular formula is C14H25N3O2S. The lowest BCUT2D eigenvalue weighted by Crippen LogP contribution is -2.33. The molecule has 0 saturated carbocycles. The Labute approximate surface area is 121 Å². The molecule has 6 heteroatoms. The second-order valence-electron chi connectivity index (χ2n) is 5.48. The highest BCUT2D eigenvalue weighted by Gasteiger charge is 2.14. The normalized spacial score (nSPS) is 15.3. The Morgan fingerprint density at radius 1 is 1.15 bits per heavy atom. The lowest BCUT2D eigenvalue weighted by molar-refractivity contribution is 0.356. The summed E-state index contributed by atoms with van der Waals surface area (Å²) in [7, 11) is -3.62. The van der Waals surface area contributed by atoms with Crippen LogP contribution in [0.5, 0.6) is 0 Å². The van der Waals surface area contributed by atoms with Gasteiger partial charge in [-0.3, -0.25) is 0 Å². The van der Waals surface area contributed by atoms with Crippen LogP contribution in [0.2, 0.25) is 0 Å². The van der Waals surface area contributed by atoms with Crippen molar-refractivity contribution in [3.8, 4) is 0 Å². The van der Waals surface area contributed by atoms with Gasteiger partial charge in [0.15, 0.2) is 0 Å². The van der Waals surface area contributed by atoms with Crippen LogP contribution in [-0.4, -0.2) is 21.5 Å². The van der Waals surface area contributed by atoms with E-state index in [1.54, 1.807) is 12.1 Å². The summed E-state index contributed by atoms with van der Waals surface area (Å²) in [5.74, 6) is 0.964. The topological polar surface area (TPSA) is 98.2 Å². The molecule has 0 spiro atoms. The molecule has 0 bridgehead atoms. The first-order chi connectivity index (χ1) is 9.25. The van der Waals surface area contributed by atoms with E-state index in [0.29, 0.717) is 18.4 Å². The Balaban J connectivity index is 2.66. The van der Waals surface area contributed by atoms with Crippen LogP contribution in [0, 0.1) is 11.8 Å². The molecule has 0 aromatic heterocycles. The highest BCUT2D eigenvalue weighted by atomic mass is 32.2. The minimum Gasteiger partial charge on any atom is -0.330 e. The maximum absolute atomic E-state index is 11.2. The fourth-order valence-electron chi connectivity index (χ4n) is 1.98. The summed E-state index contributed by atoms with van der Waals surface area (Å²) in [6, 6.07) is 6.77. The zero-order valence-electron chi connectivity index (χ0n) is 12.3. The number of hydrogen-bond donors (Lipinski definition) is 3. The van der Waals surface area contributed by atoms with Gasteiger partial charge in [0, 0.05) is 6.04 Å². The molecule has 0 fully saturated rings. The van der Waals surface area contributed by atoms with E-state index in [9.17, 15) is 8.42 Å². The summed E-state index contributed by atoms with van der Waals surface area (Å²) in [6.07, 6.45) is 0. The highest BCUT2D eigenvalue weighted by Crippen LogP contribution is 2.16. The van der Waals surface area contributed by atoms with Crippen molar-refractivity contribution in [2.45, 2.75) is 31.7 Å². The van der Waals surface area contributed by atoms with Gasteiger partial charge in [0.2, 0.25) is 10.0 Å². The molecule has 5 nitrogen and oxygen atoms in total. The van der Waals surface area contributed by atoms with Gasteiger partial charge in [-0.1, -0.05) is 26.0 Å².